The van der Waals surface area contributed by atoms with Crippen LogP contribution in [0.15, 0.2) is 24.3 Å². The van der Waals surface area contributed by atoms with Crippen LogP contribution in [-0.2, 0) is 6.42 Å². The first-order chi connectivity index (χ1) is 8.69. The van der Waals surface area contributed by atoms with E-state index in [-0.39, 0.29) is 0 Å². The van der Waals surface area contributed by atoms with Gasteiger partial charge >= 0.3 is 0 Å². The molecular weight excluding hydrogens is 216 g/mol. The predicted molar refractivity (Wildman–Crippen MR) is 80.7 cm³/mol. The van der Waals surface area contributed by atoms with Crippen LogP contribution < -0.4 is 0 Å². The number of benzene rings is 1. The molecule has 0 nitrogen and oxygen atoms in total. The molecule has 1 rings (SSSR count). The molecule has 0 heteroatoms. The quantitative estimate of drug-likeness (QED) is 0.624. The molecule has 0 aliphatic carbocycles. The van der Waals surface area contributed by atoms with E-state index in [0.717, 1.165) is 6.42 Å². The summed E-state index contributed by atoms with van der Waals surface area (Å²) in [5.74, 6) is 7.47. The Morgan fingerprint density at radius 1 is 1.06 bits per heavy atom. The molecule has 0 aliphatic rings. The number of rotatable bonds is 5. The predicted octanol–water partition coefficient (Wildman–Crippen LogP) is 5.18. The van der Waals surface area contributed by atoms with E-state index in [1.54, 1.807) is 0 Å². The van der Waals surface area contributed by atoms with E-state index in [4.69, 9.17) is 0 Å². The van der Waals surface area contributed by atoms with Gasteiger partial charge in [0.25, 0.3) is 0 Å². The van der Waals surface area contributed by atoms with Gasteiger partial charge in [0.15, 0.2) is 0 Å². The van der Waals surface area contributed by atoms with Gasteiger partial charge in [-0.15, -0.1) is 5.92 Å². The maximum Gasteiger partial charge on any atom is 0.0240 e. The summed E-state index contributed by atoms with van der Waals surface area (Å²) in [7, 11) is 0. The van der Waals surface area contributed by atoms with Gasteiger partial charge in [-0.1, -0.05) is 64.3 Å². The third-order valence-corrected chi connectivity index (χ3v) is 3.58. The first-order valence-electron chi connectivity index (χ1n) is 7.26. The van der Waals surface area contributed by atoms with Gasteiger partial charge in [-0.3, -0.25) is 0 Å². The van der Waals surface area contributed by atoms with Gasteiger partial charge in [-0.05, 0) is 29.9 Å². The van der Waals surface area contributed by atoms with Crippen LogP contribution in [0, 0.1) is 17.8 Å². The van der Waals surface area contributed by atoms with Crippen molar-refractivity contribution in [1.82, 2.24) is 0 Å². The average Bonchev–Trinajstić information content (AvgIpc) is 2.42. The van der Waals surface area contributed by atoms with Crippen LogP contribution in [0.2, 0.25) is 0 Å². The second kappa shape index (κ2) is 7.98. The Hall–Kier alpha value is -1.22. The maximum atomic E-state index is 3.33. The molecule has 0 heterocycles. The molecule has 0 spiro atoms. The largest absolute Gasteiger partial charge is 0.103 e. The molecule has 18 heavy (non-hydrogen) atoms. The molecule has 0 aliphatic heterocycles. The van der Waals surface area contributed by atoms with Crippen molar-refractivity contribution in [2.45, 2.75) is 59.3 Å². The lowest BCUT2D eigenvalue weighted by molar-refractivity contribution is 0.609. The van der Waals surface area contributed by atoms with Gasteiger partial charge in [-0.2, -0.15) is 0 Å². The van der Waals surface area contributed by atoms with Crippen LogP contribution >= 0.6 is 0 Å². The second-order valence-corrected chi connectivity index (χ2v) is 5.10. The highest BCUT2D eigenvalue weighted by Gasteiger charge is 2.11. The number of unbranched alkanes of at least 4 members (excludes halogenated alkanes) is 1. The average molecular weight is 242 g/mol. The van der Waals surface area contributed by atoms with Gasteiger partial charge in [0, 0.05) is 12.3 Å². The van der Waals surface area contributed by atoms with Crippen molar-refractivity contribution >= 4 is 0 Å². The Bertz CT molecular complexity index is 388. The van der Waals surface area contributed by atoms with E-state index < -0.39 is 0 Å². The zero-order valence-electron chi connectivity index (χ0n) is 12.3. The zero-order chi connectivity index (χ0) is 13.4. The lowest BCUT2D eigenvalue weighted by Gasteiger charge is -2.15. The number of aryl methyl sites for hydroxylation is 1. The highest BCUT2D eigenvalue weighted by molar-refractivity contribution is 5.27. The summed E-state index contributed by atoms with van der Waals surface area (Å²) in [6.07, 6.45) is 4.71. The van der Waals surface area contributed by atoms with Crippen molar-refractivity contribution in [3.8, 4) is 11.8 Å². The molecule has 2 atom stereocenters. The van der Waals surface area contributed by atoms with Crippen LogP contribution in [0.25, 0.3) is 0 Å². The lowest BCUT2D eigenvalue weighted by Crippen LogP contribution is -2.04. The Morgan fingerprint density at radius 3 is 2.28 bits per heavy atom. The first kappa shape index (κ1) is 14.8. The minimum absolute atomic E-state index is 0.437. The highest BCUT2D eigenvalue weighted by atomic mass is 14.1. The monoisotopic (exact) mass is 242 g/mol. The van der Waals surface area contributed by atoms with Crippen molar-refractivity contribution in [1.29, 1.82) is 0 Å². The molecular formula is C18H26. The van der Waals surface area contributed by atoms with Gasteiger partial charge in [0.1, 0.15) is 0 Å². The summed E-state index contributed by atoms with van der Waals surface area (Å²) in [5.41, 5.74) is 2.87. The Balaban J connectivity index is 2.66. The van der Waals surface area contributed by atoms with Gasteiger partial charge in [0.05, 0.1) is 0 Å². The molecule has 1 aromatic carbocycles. The summed E-state index contributed by atoms with van der Waals surface area (Å²) in [5, 5.41) is 0. The van der Waals surface area contributed by atoms with Crippen molar-refractivity contribution in [2.24, 2.45) is 5.92 Å². The van der Waals surface area contributed by atoms with Gasteiger partial charge < -0.3 is 0 Å². The third-order valence-electron chi connectivity index (χ3n) is 3.58. The zero-order valence-corrected chi connectivity index (χ0v) is 12.3. The van der Waals surface area contributed by atoms with Gasteiger partial charge in [0.2, 0.25) is 0 Å². The van der Waals surface area contributed by atoms with E-state index in [1.165, 1.54) is 30.4 Å². The van der Waals surface area contributed by atoms with Crippen LogP contribution in [0.4, 0.5) is 0 Å². The van der Waals surface area contributed by atoms with E-state index >= 15 is 0 Å². The standard InChI is InChI=1S/C18H26/c1-5-7-9-15(3)16(4)18-13-11-17(12-14-18)10-8-6-2/h11-16H,5-6,8,10H2,1-4H3. The van der Waals surface area contributed by atoms with Crippen molar-refractivity contribution in [3.63, 3.8) is 0 Å². The van der Waals surface area contributed by atoms with Crippen LogP contribution in [0.5, 0.6) is 0 Å². The first-order valence-corrected chi connectivity index (χ1v) is 7.26. The molecule has 0 N–H and O–H groups in total. The van der Waals surface area contributed by atoms with E-state index in [2.05, 4.69) is 63.8 Å². The van der Waals surface area contributed by atoms with Gasteiger partial charge in [-0.25, -0.2) is 0 Å². The minimum Gasteiger partial charge on any atom is -0.103 e. The van der Waals surface area contributed by atoms with Crippen molar-refractivity contribution in [2.75, 3.05) is 0 Å². The topological polar surface area (TPSA) is 0 Å². The van der Waals surface area contributed by atoms with Crippen LogP contribution in [0.1, 0.15) is 64.0 Å². The SMILES string of the molecule is CCC#CC(C)C(C)c1ccc(CCCC)cc1. The Morgan fingerprint density at radius 2 is 1.72 bits per heavy atom. The maximum absolute atomic E-state index is 3.33. The third kappa shape index (κ3) is 4.57. The molecule has 2 unspecified atom stereocenters. The molecule has 0 radical (unpaired) electrons. The summed E-state index contributed by atoms with van der Waals surface area (Å²) >= 11 is 0. The molecule has 0 aromatic heterocycles. The minimum atomic E-state index is 0.437. The molecule has 0 saturated carbocycles. The fourth-order valence-corrected chi connectivity index (χ4v) is 2.05. The summed E-state index contributed by atoms with van der Waals surface area (Å²) < 4.78 is 0. The molecule has 1 aromatic rings. The summed E-state index contributed by atoms with van der Waals surface area (Å²) in [6.45, 7) is 8.84. The summed E-state index contributed by atoms with van der Waals surface area (Å²) in [4.78, 5) is 0. The second-order valence-electron chi connectivity index (χ2n) is 5.10. The van der Waals surface area contributed by atoms with Crippen LogP contribution in [-0.4, -0.2) is 0 Å². The van der Waals surface area contributed by atoms with Crippen molar-refractivity contribution in [3.05, 3.63) is 35.4 Å². The number of hydrogen-bond donors (Lipinski definition) is 0. The fourth-order valence-electron chi connectivity index (χ4n) is 2.05. The lowest BCUT2D eigenvalue weighted by atomic mass is 9.88. The molecule has 0 amide bonds. The van der Waals surface area contributed by atoms with E-state index in [0.29, 0.717) is 11.8 Å². The smallest absolute Gasteiger partial charge is 0.0240 e. The highest BCUT2D eigenvalue weighted by Crippen LogP contribution is 2.24. The Kier molecular flexibility index (Phi) is 6.58. The van der Waals surface area contributed by atoms with Crippen molar-refractivity contribution < 1.29 is 0 Å². The molecule has 0 bridgehead atoms. The number of hydrogen-bond acceptors (Lipinski definition) is 0. The van der Waals surface area contributed by atoms with E-state index in [9.17, 15) is 0 Å². The molecule has 0 fully saturated rings. The molecule has 98 valence electrons. The van der Waals surface area contributed by atoms with E-state index in [1.807, 2.05) is 0 Å². The molecule has 0 saturated heterocycles. The fraction of sp³-hybridized carbons (Fsp3) is 0.556. The summed E-state index contributed by atoms with van der Waals surface area (Å²) in [6, 6.07) is 9.11. The Labute approximate surface area is 113 Å². The normalized spacial score (nSPS) is 13.6. The van der Waals surface area contributed by atoms with Crippen LogP contribution in [0.3, 0.4) is 0 Å².